The van der Waals surface area contributed by atoms with E-state index in [4.69, 9.17) is 8.85 Å². The fourth-order valence-electron chi connectivity index (χ4n) is 2.59. The number of hydrogen-bond acceptors (Lipinski definition) is 8. The maximum atomic E-state index is 12.5. The zero-order valence-electron chi connectivity index (χ0n) is 18.8. The molecule has 0 fully saturated rings. The zero-order chi connectivity index (χ0) is 23.5. The molecule has 0 aliphatic carbocycles. The Balaban J connectivity index is 2.06. The number of aromatic nitrogens is 5. The van der Waals surface area contributed by atoms with Gasteiger partial charge < -0.3 is 20.7 Å². The maximum absolute atomic E-state index is 12.5. The highest BCUT2D eigenvalue weighted by molar-refractivity contribution is 5.99. The van der Waals surface area contributed by atoms with Crippen molar-refractivity contribution in [1.29, 1.82) is 0 Å². The number of methoxy groups -OCH3 is 1. The van der Waals surface area contributed by atoms with Crippen LogP contribution in [-0.2, 0) is 11.8 Å². The quantitative estimate of drug-likeness (QED) is 0.565. The number of anilines is 3. The molecule has 0 saturated heterocycles. The van der Waals surface area contributed by atoms with E-state index >= 15 is 0 Å². The molecule has 2 amide bonds. The van der Waals surface area contributed by atoms with E-state index in [-0.39, 0.29) is 17.2 Å². The summed E-state index contributed by atoms with van der Waals surface area (Å²) >= 11 is 0. The number of ether oxygens (including phenoxy) is 1. The minimum atomic E-state index is -2.73. The lowest BCUT2D eigenvalue weighted by molar-refractivity contribution is -0.114. The fourth-order valence-corrected chi connectivity index (χ4v) is 2.59. The van der Waals surface area contributed by atoms with Gasteiger partial charge in [0.05, 0.1) is 24.0 Å². The fraction of sp³-hybridized carbons (Fsp3) is 0.222. The van der Waals surface area contributed by atoms with Crippen molar-refractivity contribution < 1.29 is 18.4 Å². The minimum Gasteiger partial charge on any atom is -0.494 e. The third-order valence-corrected chi connectivity index (χ3v) is 3.76. The van der Waals surface area contributed by atoms with Crippen LogP contribution in [0.2, 0.25) is 0 Å². The van der Waals surface area contributed by atoms with Gasteiger partial charge in [-0.05, 0) is 12.1 Å². The van der Waals surface area contributed by atoms with Crippen molar-refractivity contribution in [1.82, 2.24) is 30.3 Å². The van der Waals surface area contributed by atoms with Gasteiger partial charge in [0.15, 0.2) is 23.1 Å². The molecular weight excluding hydrogens is 376 g/mol. The molecular formula is C18H20N8O3. The molecule has 0 spiro atoms. The summed E-state index contributed by atoms with van der Waals surface area (Å²) in [5.74, 6) is -0.521. The van der Waals surface area contributed by atoms with Crippen LogP contribution in [-0.4, -0.2) is 50.9 Å². The highest BCUT2D eigenvalue weighted by Gasteiger charge is 2.19. The Kier molecular flexibility index (Phi) is 4.59. The predicted octanol–water partition coefficient (Wildman–Crippen LogP) is 1.34. The van der Waals surface area contributed by atoms with E-state index in [9.17, 15) is 9.59 Å². The van der Waals surface area contributed by atoms with Crippen LogP contribution in [0.15, 0.2) is 30.6 Å². The number of carbonyl (C=O) groups excluding carboxylic acids is 2. The lowest BCUT2D eigenvalue weighted by atomic mass is 10.1. The van der Waals surface area contributed by atoms with E-state index < -0.39 is 18.8 Å². The van der Waals surface area contributed by atoms with E-state index in [1.807, 2.05) is 5.32 Å². The van der Waals surface area contributed by atoms with Crippen LogP contribution in [0.4, 0.5) is 17.2 Å². The highest BCUT2D eigenvalue weighted by atomic mass is 16.5. The summed E-state index contributed by atoms with van der Waals surface area (Å²) < 4.78 is 28.9. The smallest absolute Gasteiger partial charge is 0.273 e. The Morgan fingerprint density at radius 2 is 2.07 bits per heavy atom. The lowest BCUT2D eigenvalue weighted by Crippen LogP contribution is -2.22. The third kappa shape index (κ3) is 4.29. The average Bonchev–Trinajstić information content (AvgIpc) is 3.12. The van der Waals surface area contributed by atoms with Crippen LogP contribution in [0.1, 0.15) is 21.5 Å². The summed E-state index contributed by atoms with van der Waals surface area (Å²) in [6, 6.07) is 6.51. The summed E-state index contributed by atoms with van der Waals surface area (Å²) in [5.41, 5.74) is 0.798. The molecule has 3 rings (SSSR count). The van der Waals surface area contributed by atoms with E-state index in [1.54, 1.807) is 36.3 Å². The second kappa shape index (κ2) is 8.33. The molecule has 0 bridgehead atoms. The van der Waals surface area contributed by atoms with Crippen LogP contribution in [0, 0.1) is 0 Å². The highest BCUT2D eigenvalue weighted by Crippen LogP contribution is 2.37. The number of rotatable bonds is 6. The van der Waals surface area contributed by atoms with Gasteiger partial charge in [0.25, 0.3) is 5.91 Å². The molecule has 0 radical (unpaired) electrons. The van der Waals surface area contributed by atoms with Crippen molar-refractivity contribution in [3.63, 3.8) is 0 Å². The molecule has 0 aliphatic heterocycles. The number of nitrogens with zero attached hydrogens (tertiary/aromatic N) is 5. The van der Waals surface area contributed by atoms with Crippen LogP contribution in [0.5, 0.6) is 5.75 Å². The van der Waals surface area contributed by atoms with Crippen molar-refractivity contribution in [2.24, 2.45) is 7.05 Å². The molecule has 1 aromatic carbocycles. The Hall–Kier alpha value is -4.02. The molecule has 3 N–H and O–H groups in total. The van der Waals surface area contributed by atoms with Crippen LogP contribution >= 0.6 is 0 Å². The first-order chi connectivity index (χ1) is 15.1. The first kappa shape index (κ1) is 16.0. The molecule has 3 aromatic rings. The molecule has 11 nitrogen and oxygen atoms in total. The molecule has 0 atom stereocenters. The van der Waals surface area contributed by atoms with Gasteiger partial charge >= 0.3 is 0 Å². The third-order valence-electron chi connectivity index (χ3n) is 3.76. The number of nitrogens with one attached hydrogen (secondary N) is 3. The van der Waals surface area contributed by atoms with Gasteiger partial charge in [-0.3, -0.25) is 14.3 Å². The number of para-hydroxylation sites is 1. The molecule has 0 unspecified atom stereocenters. The topological polar surface area (TPSA) is 136 Å². The van der Waals surface area contributed by atoms with E-state index in [1.165, 1.54) is 20.1 Å². The van der Waals surface area contributed by atoms with Gasteiger partial charge in [0, 0.05) is 31.1 Å². The van der Waals surface area contributed by atoms with Crippen molar-refractivity contribution in [3.8, 4) is 17.1 Å². The van der Waals surface area contributed by atoms with E-state index in [2.05, 4.69) is 30.9 Å². The largest absolute Gasteiger partial charge is 0.494 e. The minimum absolute atomic E-state index is 0.0620. The average molecular weight is 399 g/mol. The standard InChI is InChI=1S/C18H20N8O3/c1-10(27)21-14-8-13(15(24-23-14)18(28)19-2)22-12-7-5-6-11(16(12)29-4)17-20-9-26(3)25-17/h5-9H,1-4H3,(H,19,28)(H2,21,22,23,27)/i2D3. The summed E-state index contributed by atoms with van der Waals surface area (Å²) in [5, 5.41) is 19.2. The first-order valence-electron chi connectivity index (χ1n) is 9.85. The molecule has 150 valence electrons. The van der Waals surface area contributed by atoms with E-state index in [0.29, 0.717) is 22.8 Å². The number of amides is 2. The second-order valence-corrected chi connectivity index (χ2v) is 5.88. The number of benzene rings is 1. The van der Waals surface area contributed by atoms with Gasteiger partial charge in [0.2, 0.25) is 5.91 Å². The predicted molar refractivity (Wildman–Crippen MR) is 106 cm³/mol. The monoisotopic (exact) mass is 399 g/mol. The molecule has 2 aromatic heterocycles. The van der Waals surface area contributed by atoms with Gasteiger partial charge in [-0.2, -0.15) is 5.10 Å². The van der Waals surface area contributed by atoms with Crippen molar-refractivity contribution in [3.05, 3.63) is 36.3 Å². The van der Waals surface area contributed by atoms with Crippen LogP contribution in [0.25, 0.3) is 11.4 Å². The summed E-state index contributed by atoms with van der Waals surface area (Å²) in [6.45, 7) is -1.44. The molecule has 0 saturated carbocycles. The van der Waals surface area contributed by atoms with Crippen LogP contribution < -0.4 is 20.7 Å². The Morgan fingerprint density at radius 1 is 1.24 bits per heavy atom. The molecule has 29 heavy (non-hydrogen) atoms. The van der Waals surface area contributed by atoms with Crippen molar-refractivity contribution in [2.75, 3.05) is 24.7 Å². The van der Waals surface area contributed by atoms with Crippen LogP contribution in [0.3, 0.4) is 0 Å². The Labute approximate surface area is 170 Å². The lowest BCUT2D eigenvalue weighted by Gasteiger charge is -2.16. The summed E-state index contributed by atoms with van der Waals surface area (Å²) in [7, 11) is 3.19. The molecule has 2 heterocycles. The number of aryl methyl sites for hydroxylation is 1. The molecule has 0 aliphatic rings. The molecule has 11 heteroatoms. The number of hydrogen-bond donors (Lipinski definition) is 3. The van der Waals surface area contributed by atoms with E-state index in [0.717, 1.165) is 0 Å². The van der Waals surface area contributed by atoms with Gasteiger partial charge in [-0.15, -0.1) is 10.2 Å². The summed E-state index contributed by atoms with van der Waals surface area (Å²) in [4.78, 5) is 28.1. The zero-order valence-corrected chi connectivity index (χ0v) is 15.8. The van der Waals surface area contributed by atoms with Gasteiger partial charge in [-0.25, -0.2) is 4.98 Å². The number of carbonyl (C=O) groups is 2. The second-order valence-electron chi connectivity index (χ2n) is 5.88. The van der Waals surface area contributed by atoms with Crippen molar-refractivity contribution >= 4 is 29.0 Å². The maximum Gasteiger partial charge on any atom is 0.273 e. The summed E-state index contributed by atoms with van der Waals surface area (Å²) in [6.07, 6.45) is 1.54. The Bertz CT molecular complexity index is 1160. The van der Waals surface area contributed by atoms with Gasteiger partial charge in [0.1, 0.15) is 6.33 Å². The SMILES string of the molecule is [2H]C([2H])([2H])NC(=O)c1nnc(NC(C)=O)cc1Nc1cccc(-c2ncn(C)n2)c1OC. The normalized spacial score (nSPS) is 12.3. The van der Waals surface area contributed by atoms with Gasteiger partial charge in [-0.1, -0.05) is 6.07 Å². The Morgan fingerprint density at radius 3 is 2.72 bits per heavy atom. The first-order valence-corrected chi connectivity index (χ1v) is 8.35. The van der Waals surface area contributed by atoms with Crippen molar-refractivity contribution in [2.45, 2.75) is 6.92 Å².